The monoisotopic (exact) mass is 272 g/mol. The highest BCUT2D eigenvalue weighted by Gasteiger charge is 2.19. The Labute approximate surface area is 115 Å². The molecule has 0 N–H and O–H groups in total. The summed E-state index contributed by atoms with van der Waals surface area (Å²) in [4.78, 5) is 9.02. The minimum atomic E-state index is -0.102. The molecule has 0 aliphatic heterocycles. The van der Waals surface area contributed by atoms with Crippen LogP contribution < -0.4 is 0 Å². The molecule has 8 heteroatoms. The fourth-order valence-corrected chi connectivity index (χ4v) is 1.86. The molecule has 0 atom stereocenters. The second-order valence-electron chi connectivity index (χ2n) is 5.74. The predicted molar refractivity (Wildman–Crippen MR) is 71.9 cm³/mol. The predicted octanol–water partition coefficient (Wildman–Crippen LogP) is 0.696. The maximum absolute atomic E-state index is 4.63. The van der Waals surface area contributed by atoms with Crippen LogP contribution in [0.5, 0.6) is 0 Å². The summed E-state index contributed by atoms with van der Waals surface area (Å²) in [5.41, 5.74) is 0.697. The van der Waals surface area contributed by atoms with Gasteiger partial charge in [-0.3, -0.25) is 0 Å². The molecule has 0 radical (unpaired) electrons. The summed E-state index contributed by atoms with van der Waals surface area (Å²) in [6, 6.07) is 0. The Kier molecular flexibility index (Phi) is 2.73. The molecule has 104 valence electrons. The molecular formula is C12H16N8. The topological polar surface area (TPSA) is 87.2 Å². The molecule has 3 aromatic heterocycles. The standard InChI is InChI=1S/C12H16N8/c1-12(2,3)11-13-5-8-6-14-20(10(8)15-11)7-9-16-17-18-19(9)4/h5-6H,7H2,1-4H3. The van der Waals surface area contributed by atoms with Gasteiger partial charge in [0.25, 0.3) is 0 Å². The number of nitrogens with zero attached hydrogens (tertiary/aromatic N) is 8. The van der Waals surface area contributed by atoms with E-state index in [0.29, 0.717) is 6.54 Å². The van der Waals surface area contributed by atoms with Crippen LogP contribution in [0.4, 0.5) is 0 Å². The van der Waals surface area contributed by atoms with Gasteiger partial charge in [-0.2, -0.15) is 5.10 Å². The van der Waals surface area contributed by atoms with Crippen LogP contribution in [0.1, 0.15) is 32.4 Å². The van der Waals surface area contributed by atoms with Crippen LogP contribution in [0, 0.1) is 0 Å². The molecule has 0 bridgehead atoms. The largest absolute Gasteiger partial charge is 0.240 e. The molecular weight excluding hydrogens is 256 g/mol. The van der Waals surface area contributed by atoms with Gasteiger partial charge in [-0.25, -0.2) is 19.3 Å². The molecule has 0 aliphatic carbocycles. The smallest absolute Gasteiger partial charge is 0.172 e. The zero-order valence-electron chi connectivity index (χ0n) is 11.9. The second-order valence-corrected chi connectivity index (χ2v) is 5.74. The summed E-state index contributed by atoms with van der Waals surface area (Å²) < 4.78 is 3.41. The quantitative estimate of drug-likeness (QED) is 0.682. The molecule has 3 heterocycles. The van der Waals surface area contributed by atoms with Crippen LogP contribution >= 0.6 is 0 Å². The van der Waals surface area contributed by atoms with Crippen molar-refractivity contribution >= 4 is 11.0 Å². The molecule has 3 aromatic rings. The van der Waals surface area contributed by atoms with Crippen molar-refractivity contribution in [2.45, 2.75) is 32.7 Å². The van der Waals surface area contributed by atoms with Gasteiger partial charge in [-0.1, -0.05) is 20.8 Å². The third-order valence-electron chi connectivity index (χ3n) is 3.05. The van der Waals surface area contributed by atoms with Gasteiger partial charge in [0.1, 0.15) is 12.4 Å². The van der Waals surface area contributed by atoms with E-state index in [4.69, 9.17) is 0 Å². The summed E-state index contributed by atoms with van der Waals surface area (Å²) >= 11 is 0. The molecule has 0 aliphatic rings. The lowest BCUT2D eigenvalue weighted by atomic mass is 9.96. The number of hydrogen-bond acceptors (Lipinski definition) is 6. The third-order valence-corrected chi connectivity index (χ3v) is 3.05. The van der Waals surface area contributed by atoms with Gasteiger partial charge in [0.2, 0.25) is 0 Å². The molecule has 20 heavy (non-hydrogen) atoms. The van der Waals surface area contributed by atoms with Gasteiger partial charge in [0.15, 0.2) is 11.5 Å². The van der Waals surface area contributed by atoms with Crippen molar-refractivity contribution in [2.24, 2.45) is 7.05 Å². The fraction of sp³-hybridized carbons (Fsp3) is 0.500. The number of fused-ring (bicyclic) bond motifs is 1. The van der Waals surface area contributed by atoms with E-state index in [1.54, 1.807) is 28.8 Å². The molecule has 8 nitrogen and oxygen atoms in total. The first-order valence-electron chi connectivity index (χ1n) is 6.35. The minimum absolute atomic E-state index is 0.102. The SMILES string of the molecule is Cn1nnnc1Cn1ncc2cnc(C(C)(C)C)nc21. The van der Waals surface area contributed by atoms with Crippen LogP contribution in [-0.4, -0.2) is 40.0 Å². The Bertz CT molecular complexity index is 748. The number of hydrogen-bond donors (Lipinski definition) is 0. The van der Waals surface area contributed by atoms with Crippen LogP contribution in [0.3, 0.4) is 0 Å². The van der Waals surface area contributed by atoms with E-state index in [1.807, 2.05) is 0 Å². The number of rotatable bonds is 2. The maximum atomic E-state index is 4.63. The lowest BCUT2D eigenvalue weighted by molar-refractivity contribution is 0.544. The number of aromatic nitrogens is 8. The first kappa shape index (κ1) is 12.6. The average molecular weight is 272 g/mol. The summed E-state index contributed by atoms with van der Waals surface area (Å²) in [5.74, 6) is 1.52. The van der Waals surface area contributed by atoms with Crippen molar-refractivity contribution in [2.75, 3.05) is 0 Å². The lowest BCUT2D eigenvalue weighted by Crippen LogP contribution is -2.16. The highest BCUT2D eigenvalue weighted by atomic mass is 15.5. The lowest BCUT2D eigenvalue weighted by Gasteiger charge is -2.15. The van der Waals surface area contributed by atoms with E-state index < -0.39 is 0 Å². The molecule has 0 aromatic carbocycles. The van der Waals surface area contributed by atoms with Crippen LogP contribution in [0.2, 0.25) is 0 Å². The Balaban J connectivity index is 2.05. The van der Waals surface area contributed by atoms with E-state index in [0.717, 1.165) is 22.7 Å². The van der Waals surface area contributed by atoms with E-state index >= 15 is 0 Å². The van der Waals surface area contributed by atoms with Crippen LogP contribution in [0.15, 0.2) is 12.4 Å². The second kappa shape index (κ2) is 4.32. The molecule has 0 saturated carbocycles. The van der Waals surface area contributed by atoms with E-state index in [1.165, 1.54) is 0 Å². The van der Waals surface area contributed by atoms with Crippen molar-refractivity contribution in [3.05, 3.63) is 24.0 Å². The summed E-state index contributed by atoms with van der Waals surface area (Å²) in [7, 11) is 1.80. The molecule has 0 amide bonds. The van der Waals surface area contributed by atoms with Gasteiger partial charge in [0.05, 0.1) is 11.6 Å². The third kappa shape index (κ3) is 2.13. The zero-order chi connectivity index (χ0) is 14.3. The van der Waals surface area contributed by atoms with Gasteiger partial charge in [0, 0.05) is 18.7 Å². The highest BCUT2D eigenvalue weighted by Crippen LogP contribution is 2.20. The Morgan fingerprint density at radius 3 is 2.65 bits per heavy atom. The summed E-state index contributed by atoms with van der Waals surface area (Å²) in [6.45, 7) is 6.73. The molecule has 0 spiro atoms. The summed E-state index contributed by atoms with van der Waals surface area (Å²) in [5, 5.41) is 16.7. The highest BCUT2D eigenvalue weighted by molar-refractivity contribution is 5.73. The number of tetrazole rings is 1. The normalized spacial score (nSPS) is 12.2. The van der Waals surface area contributed by atoms with Crippen molar-refractivity contribution in [3.63, 3.8) is 0 Å². The van der Waals surface area contributed by atoms with Crippen molar-refractivity contribution in [3.8, 4) is 0 Å². The van der Waals surface area contributed by atoms with Crippen molar-refractivity contribution < 1.29 is 0 Å². The first-order valence-corrected chi connectivity index (χ1v) is 6.35. The fourth-order valence-electron chi connectivity index (χ4n) is 1.86. The Morgan fingerprint density at radius 1 is 1.20 bits per heavy atom. The zero-order valence-corrected chi connectivity index (χ0v) is 11.9. The average Bonchev–Trinajstić information content (AvgIpc) is 2.96. The maximum Gasteiger partial charge on any atom is 0.172 e. The minimum Gasteiger partial charge on any atom is -0.240 e. The van der Waals surface area contributed by atoms with Gasteiger partial charge in [-0.15, -0.1) is 5.10 Å². The molecule has 3 rings (SSSR count). The van der Waals surface area contributed by atoms with E-state index in [-0.39, 0.29) is 5.41 Å². The van der Waals surface area contributed by atoms with Crippen molar-refractivity contribution in [1.82, 2.24) is 40.0 Å². The van der Waals surface area contributed by atoms with Gasteiger partial charge in [-0.05, 0) is 10.4 Å². The molecule has 0 fully saturated rings. The molecule has 0 saturated heterocycles. The summed E-state index contributed by atoms with van der Waals surface area (Å²) in [6.07, 6.45) is 3.56. The van der Waals surface area contributed by atoms with Crippen LogP contribution in [-0.2, 0) is 19.0 Å². The van der Waals surface area contributed by atoms with E-state index in [2.05, 4.69) is 51.4 Å². The van der Waals surface area contributed by atoms with Crippen molar-refractivity contribution in [1.29, 1.82) is 0 Å². The first-order chi connectivity index (χ1) is 9.45. The van der Waals surface area contributed by atoms with Gasteiger partial charge < -0.3 is 0 Å². The van der Waals surface area contributed by atoms with Gasteiger partial charge >= 0.3 is 0 Å². The van der Waals surface area contributed by atoms with E-state index in [9.17, 15) is 0 Å². The number of aryl methyl sites for hydroxylation is 1. The Morgan fingerprint density at radius 2 is 2.00 bits per heavy atom. The van der Waals surface area contributed by atoms with Crippen LogP contribution in [0.25, 0.3) is 11.0 Å². The Hall–Kier alpha value is -2.38. The molecule has 0 unspecified atom stereocenters.